The highest BCUT2D eigenvalue weighted by atomic mass is 127. The molecule has 0 saturated carbocycles. The lowest BCUT2D eigenvalue weighted by Gasteiger charge is -2.15. The van der Waals surface area contributed by atoms with Crippen molar-refractivity contribution in [2.24, 2.45) is 5.10 Å². The number of hydrogen-bond acceptors (Lipinski definition) is 7. The molecule has 1 aromatic heterocycles. The molecule has 0 aliphatic rings. The molecule has 0 radical (unpaired) electrons. The normalized spacial score (nSPS) is 10.7. The number of carbonyl (C=O) groups is 3. The molecule has 0 fully saturated rings. The molecule has 0 aliphatic carbocycles. The van der Waals surface area contributed by atoms with E-state index in [1.54, 1.807) is 24.3 Å². The van der Waals surface area contributed by atoms with Crippen LogP contribution in [-0.4, -0.2) is 37.1 Å². The molecule has 3 amide bonds. The predicted octanol–water partition coefficient (Wildman–Crippen LogP) is 3.68. The Morgan fingerprint density at radius 2 is 1.81 bits per heavy atom. The van der Waals surface area contributed by atoms with E-state index >= 15 is 0 Å². The molecule has 10 nitrogen and oxygen atoms in total. The van der Waals surface area contributed by atoms with Gasteiger partial charge in [0.05, 0.1) is 29.2 Å². The fourth-order valence-corrected chi connectivity index (χ4v) is 4.11. The van der Waals surface area contributed by atoms with Crippen LogP contribution in [0.3, 0.4) is 0 Å². The van der Waals surface area contributed by atoms with E-state index in [0.717, 1.165) is 11.1 Å². The summed E-state index contributed by atoms with van der Waals surface area (Å²) < 4.78 is 17.2. The fraction of sp³-hybridized carbons (Fsp3) is 0.231. The molecule has 0 bridgehead atoms. The number of hydrogen-bond donors (Lipinski definition) is 3. The zero-order valence-corrected chi connectivity index (χ0v) is 22.7. The third kappa shape index (κ3) is 8.63. The standard InChI is InChI=1S/C26H27IN4O6/c1-4-35-22-12-18(13-29-31-26(34)25(33)28-14-20-6-5-7-36-20)11-21(27)24(22)37-15-23(32)30-19-9-16(2)8-17(3)10-19/h5-13H,4,14-15H2,1-3H3,(H,28,33)(H,30,32)(H,31,34)/b29-13-. The van der Waals surface area contributed by atoms with Crippen molar-refractivity contribution in [2.75, 3.05) is 18.5 Å². The van der Waals surface area contributed by atoms with Crippen LogP contribution in [0, 0.1) is 17.4 Å². The molecule has 0 atom stereocenters. The quantitative estimate of drug-likeness (QED) is 0.138. The Hall–Kier alpha value is -3.87. The number of ether oxygens (including phenoxy) is 2. The Labute approximate surface area is 227 Å². The van der Waals surface area contributed by atoms with Crippen molar-refractivity contribution in [3.05, 3.63) is 74.7 Å². The largest absolute Gasteiger partial charge is 0.490 e. The smallest absolute Gasteiger partial charge is 0.329 e. The van der Waals surface area contributed by atoms with E-state index in [9.17, 15) is 14.4 Å². The lowest BCUT2D eigenvalue weighted by molar-refractivity contribution is -0.139. The molecule has 0 unspecified atom stereocenters. The van der Waals surface area contributed by atoms with Crippen LogP contribution in [0.2, 0.25) is 0 Å². The molecule has 3 N–H and O–H groups in total. The minimum Gasteiger partial charge on any atom is -0.490 e. The highest BCUT2D eigenvalue weighted by molar-refractivity contribution is 14.1. The third-order valence-electron chi connectivity index (χ3n) is 4.77. The van der Waals surface area contributed by atoms with Crippen LogP contribution in [0.5, 0.6) is 11.5 Å². The summed E-state index contributed by atoms with van der Waals surface area (Å²) in [6.07, 6.45) is 2.85. The number of rotatable bonds is 10. The summed E-state index contributed by atoms with van der Waals surface area (Å²) in [5, 5.41) is 9.11. The number of furan rings is 1. The fourth-order valence-electron chi connectivity index (χ4n) is 3.32. The molecular formula is C26H27IN4O6. The molecule has 0 aliphatic heterocycles. The van der Waals surface area contributed by atoms with Gasteiger partial charge < -0.3 is 24.5 Å². The number of aryl methyl sites for hydroxylation is 2. The Bertz CT molecular complexity index is 1270. The molecule has 3 aromatic rings. The van der Waals surface area contributed by atoms with Crippen LogP contribution in [-0.2, 0) is 20.9 Å². The Kier molecular flexibility index (Phi) is 10.1. The van der Waals surface area contributed by atoms with Crippen molar-refractivity contribution in [3.8, 4) is 11.5 Å². The second-order valence-electron chi connectivity index (χ2n) is 7.94. The van der Waals surface area contributed by atoms with Crippen LogP contribution < -0.4 is 25.5 Å². The first-order valence-electron chi connectivity index (χ1n) is 11.4. The predicted molar refractivity (Wildman–Crippen MR) is 147 cm³/mol. The summed E-state index contributed by atoms with van der Waals surface area (Å²) in [5.74, 6) is -0.720. The Balaban J connectivity index is 1.59. The summed E-state index contributed by atoms with van der Waals surface area (Å²) in [4.78, 5) is 36.3. The van der Waals surface area contributed by atoms with Gasteiger partial charge in [0.2, 0.25) is 0 Å². The maximum absolute atomic E-state index is 12.5. The van der Waals surface area contributed by atoms with Crippen molar-refractivity contribution in [1.29, 1.82) is 0 Å². The molecular weight excluding hydrogens is 591 g/mol. The maximum atomic E-state index is 12.5. The number of hydrazone groups is 1. The van der Waals surface area contributed by atoms with Crippen LogP contribution in [0.4, 0.5) is 5.69 Å². The molecule has 0 saturated heterocycles. The Morgan fingerprint density at radius 1 is 1.05 bits per heavy atom. The van der Waals surface area contributed by atoms with E-state index in [2.05, 4.69) is 43.8 Å². The van der Waals surface area contributed by atoms with Crippen molar-refractivity contribution in [1.82, 2.24) is 10.7 Å². The maximum Gasteiger partial charge on any atom is 0.329 e. The van der Waals surface area contributed by atoms with Gasteiger partial charge in [0, 0.05) is 5.69 Å². The van der Waals surface area contributed by atoms with Gasteiger partial charge in [-0.15, -0.1) is 0 Å². The van der Waals surface area contributed by atoms with E-state index in [1.807, 2.05) is 39.0 Å². The first-order chi connectivity index (χ1) is 17.7. The van der Waals surface area contributed by atoms with Gasteiger partial charge in [0.25, 0.3) is 5.91 Å². The van der Waals surface area contributed by atoms with Crippen molar-refractivity contribution in [2.45, 2.75) is 27.3 Å². The average Bonchev–Trinajstić information content (AvgIpc) is 3.35. The Morgan fingerprint density at radius 3 is 2.49 bits per heavy atom. The van der Waals surface area contributed by atoms with E-state index in [1.165, 1.54) is 12.5 Å². The molecule has 1 heterocycles. The first-order valence-corrected chi connectivity index (χ1v) is 12.4. The number of amides is 3. The number of nitrogens with zero attached hydrogens (tertiary/aromatic N) is 1. The van der Waals surface area contributed by atoms with Gasteiger partial charge >= 0.3 is 11.8 Å². The summed E-state index contributed by atoms with van der Waals surface area (Å²) in [6, 6.07) is 12.6. The van der Waals surface area contributed by atoms with E-state index < -0.39 is 11.8 Å². The van der Waals surface area contributed by atoms with Gasteiger partial charge in [-0.3, -0.25) is 14.4 Å². The number of carbonyl (C=O) groups excluding carboxylic acids is 3. The van der Waals surface area contributed by atoms with Crippen LogP contribution in [0.25, 0.3) is 0 Å². The average molecular weight is 618 g/mol. The molecule has 11 heteroatoms. The van der Waals surface area contributed by atoms with Gasteiger partial charge in [-0.2, -0.15) is 5.10 Å². The highest BCUT2D eigenvalue weighted by Gasteiger charge is 2.15. The molecule has 194 valence electrons. The first kappa shape index (κ1) is 27.7. The zero-order chi connectivity index (χ0) is 26.8. The van der Waals surface area contributed by atoms with E-state index in [-0.39, 0.29) is 19.1 Å². The minimum absolute atomic E-state index is 0.0863. The molecule has 0 spiro atoms. The SMILES string of the molecule is CCOc1cc(/C=N\NC(=O)C(=O)NCc2ccco2)cc(I)c1OCC(=O)Nc1cc(C)cc(C)c1. The van der Waals surface area contributed by atoms with Gasteiger partial charge in [-0.05, 0) is 96.5 Å². The van der Waals surface area contributed by atoms with Gasteiger partial charge in [-0.25, -0.2) is 5.43 Å². The van der Waals surface area contributed by atoms with Gasteiger partial charge in [0.1, 0.15) is 5.76 Å². The molecule has 3 rings (SSSR count). The molecule has 2 aromatic carbocycles. The summed E-state index contributed by atoms with van der Waals surface area (Å²) in [7, 11) is 0. The van der Waals surface area contributed by atoms with Crippen LogP contribution >= 0.6 is 22.6 Å². The van der Waals surface area contributed by atoms with Gasteiger partial charge in [0.15, 0.2) is 18.1 Å². The topological polar surface area (TPSA) is 131 Å². The summed E-state index contributed by atoms with van der Waals surface area (Å²) >= 11 is 2.06. The molecule has 37 heavy (non-hydrogen) atoms. The number of halogens is 1. The van der Waals surface area contributed by atoms with E-state index in [4.69, 9.17) is 13.9 Å². The van der Waals surface area contributed by atoms with Gasteiger partial charge in [-0.1, -0.05) is 6.07 Å². The lowest BCUT2D eigenvalue weighted by Crippen LogP contribution is -2.37. The second-order valence-corrected chi connectivity index (χ2v) is 9.10. The summed E-state index contributed by atoms with van der Waals surface area (Å²) in [5.41, 5.74) is 5.57. The summed E-state index contributed by atoms with van der Waals surface area (Å²) in [6.45, 7) is 6.00. The minimum atomic E-state index is -0.919. The monoisotopic (exact) mass is 618 g/mol. The van der Waals surface area contributed by atoms with Crippen molar-refractivity contribution < 1.29 is 28.3 Å². The number of anilines is 1. The number of benzene rings is 2. The van der Waals surface area contributed by atoms with Crippen molar-refractivity contribution >= 4 is 52.2 Å². The lowest BCUT2D eigenvalue weighted by atomic mass is 10.1. The second kappa shape index (κ2) is 13.4. The van der Waals surface area contributed by atoms with E-state index in [0.29, 0.717) is 38.7 Å². The van der Waals surface area contributed by atoms with Crippen molar-refractivity contribution in [3.63, 3.8) is 0 Å². The number of nitrogens with one attached hydrogen (secondary N) is 3. The third-order valence-corrected chi connectivity index (χ3v) is 5.58. The zero-order valence-electron chi connectivity index (χ0n) is 20.6. The highest BCUT2D eigenvalue weighted by Crippen LogP contribution is 2.34. The van der Waals surface area contributed by atoms with Crippen LogP contribution in [0.15, 0.2) is 58.2 Å². The van der Waals surface area contributed by atoms with Crippen LogP contribution in [0.1, 0.15) is 29.4 Å².